The van der Waals surface area contributed by atoms with E-state index in [0.717, 1.165) is 0 Å². The summed E-state index contributed by atoms with van der Waals surface area (Å²) >= 11 is 0. The van der Waals surface area contributed by atoms with Crippen LogP contribution >= 0.6 is 0 Å². The summed E-state index contributed by atoms with van der Waals surface area (Å²) in [5.74, 6) is -1.34. The van der Waals surface area contributed by atoms with Crippen molar-refractivity contribution in [2.24, 2.45) is 5.92 Å². The predicted octanol–water partition coefficient (Wildman–Crippen LogP) is -0.230. The van der Waals surface area contributed by atoms with E-state index in [9.17, 15) is 14.4 Å². The van der Waals surface area contributed by atoms with Gasteiger partial charge in [0.2, 0.25) is 5.91 Å². The van der Waals surface area contributed by atoms with Crippen LogP contribution in [0.5, 0.6) is 0 Å². The van der Waals surface area contributed by atoms with Crippen molar-refractivity contribution in [3.8, 4) is 0 Å². The molecular formula is C12H19N3O4. The van der Waals surface area contributed by atoms with Gasteiger partial charge in [0.05, 0.1) is 5.92 Å². The maximum atomic E-state index is 12.1. The quantitative estimate of drug-likeness (QED) is 0.645. The lowest BCUT2D eigenvalue weighted by atomic mass is 10.0. The Morgan fingerprint density at radius 2 is 2.16 bits per heavy atom. The summed E-state index contributed by atoms with van der Waals surface area (Å²) in [6.07, 6.45) is 1.53. The number of carboxylic acids is 1. The van der Waals surface area contributed by atoms with Gasteiger partial charge in [-0.1, -0.05) is 0 Å². The number of hydrogen-bond donors (Lipinski definition) is 3. The molecule has 3 atom stereocenters. The SMILES string of the molecule is CC1C(C(=O)O)CCN1C(=O)NC1CCC(=O)NC1. The topological polar surface area (TPSA) is 98.7 Å². The van der Waals surface area contributed by atoms with E-state index in [1.54, 1.807) is 11.8 Å². The van der Waals surface area contributed by atoms with Crippen molar-refractivity contribution >= 4 is 17.9 Å². The second-order valence-corrected chi connectivity index (χ2v) is 5.16. The largest absolute Gasteiger partial charge is 0.481 e. The molecule has 0 aromatic carbocycles. The number of nitrogens with zero attached hydrogens (tertiary/aromatic N) is 1. The van der Waals surface area contributed by atoms with Gasteiger partial charge in [-0.3, -0.25) is 9.59 Å². The molecule has 3 amide bonds. The molecule has 0 saturated carbocycles. The fraction of sp³-hybridized carbons (Fsp3) is 0.750. The van der Waals surface area contributed by atoms with Gasteiger partial charge >= 0.3 is 12.0 Å². The molecule has 7 nitrogen and oxygen atoms in total. The third-order valence-corrected chi connectivity index (χ3v) is 3.93. The molecule has 2 heterocycles. The van der Waals surface area contributed by atoms with Crippen LogP contribution in [0.25, 0.3) is 0 Å². The standard InChI is InChI=1S/C12H19N3O4/c1-7-9(11(17)18)4-5-15(7)12(19)14-8-2-3-10(16)13-6-8/h7-9H,2-6H2,1H3,(H,13,16)(H,14,19)(H,17,18). The molecule has 2 rings (SSSR count). The van der Waals surface area contributed by atoms with Crippen molar-refractivity contribution in [1.82, 2.24) is 15.5 Å². The van der Waals surface area contributed by atoms with Gasteiger partial charge in [-0.15, -0.1) is 0 Å². The maximum Gasteiger partial charge on any atom is 0.317 e. The zero-order chi connectivity index (χ0) is 14.0. The van der Waals surface area contributed by atoms with Gasteiger partial charge in [0.25, 0.3) is 0 Å². The summed E-state index contributed by atoms with van der Waals surface area (Å²) in [6, 6.07) is -0.602. The molecule has 3 N–H and O–H groups in total. The van der Waals surface area contributed by atoms with Crippen molar-refractivity contribution in [3.05, 3.63) is 0 Å². The first kappa shape index (κ1) is 13.6. The highest BCUT2D eigenvalue weighted by molar-refractivity contribution is 5.79. The minimum absolute atomic E-state index is 0.00554. The van der Waals surface area contributed by atoms with E-state index < -0.39 is 11.9 Å². The van der Waals surface area contributed by atoms with Crippen molar-refractivity contribution in [1.29, 1.82) is 0 Å². The first-order valence-corrected chi connectivity index (χ1v) is 6.55. The second-order valence-electron chi connectivity index (χ2n) is 5.16. The highest BCUT2D eigenvalue weighted by Gasteiger charge is 2.38. The molecule has 7 heteroatoms. The van der Waals surface area contributed by atoms with Gasteiger partial charge in [0, 0.05) is 31.6 Å². The Labute approximate surface area is 111 Å². The average molecular weight is 269 g/mol. The van der Waals surface area contributed by atoms with Gasteiger partial charge in [0.15, 0.2) is 0 Å². The summed E-state index contributed by atoms with van der Waals surface area (Å²) in [5.41, 5.74) is 0. The Bertz CT molecular complexity index is 388. The predicted molar refractivity (Wildman–Crippen MR) is 66.5 cm³/mol. The van der Waals surface area contributed by atoms with E-state index in [4.69, 9.17) is 5.11 Å². The molecule has 2 fully saturated rings. The summed E-state index contributed by atoms with van der Waals surface area (Å²) < 4.78 is 0. The highest BCUT2D eigenvalue weighted by atomic mass is 16.4. The lowest BCUT2D eigenvalue weighted by molar-refractivity contribution is -0.142. The van der Waals surface area contributed by atoms with Gasteiger partial charge in [-0.25, -0.2) is 4.79 Å². The van der Waals surface area contributed by atoms with Crippen molar-refractivity contribution in [3.63, 3.8) is 0 Å². The fourth-order valence-corrected chi connectivity index (χ4v) is 2.67. The normalized spacial score (nSPS) is 30.9. The third kappa shape index (κ3) is 2.97. The zero-order valence-corrected chi connectivity index (χ0v) is 10.9. The lowest BCUT2D eigenvalue weighted by Crippen LogP contribution is -2.52. The third-order valence-electron chi connectivity index (χ3n) is 3.93. The molecule has 3 unspecified atom stereocenters. The molecular weight excluding hydrogens is 250 g/mol. The minimum atomic E-state index is -0.854. The van der Waals surface area contributed by atoms with Gasteiger partial charge < -0.3 is 20.6 Å². The van der Waals surface area contributed by atoms with Crippen LogP contribution in [0.4, 0.5) is 4.79 Å². The van der Waals surface area contributed by atoms with Crippen LogP contribution in [0, 0.1) is 5.92 Å². The number of aliphatic carboxylic acids is 1. The average Bonchev–Trinajstić information content (AvgIpc) is 2.74. The Balaban J connectivity index is 1.87. The summed E-state index contributed by atoms with van der Waals surface area (Å²) in [4.78, 5) is 35.7. The Morgan fingerprint density at radius 3 is 2.68 bits per heavy atom. The van der Waals surface area contributed by atoms with Crippen LogP contribution in [-0.4, -0.2) is 53.1 Å². The molecule has 0 radical (unpaired) electrons. The number of rotatable bonds is 2. The number of carbonyl (C=O) groups is 3. The van der Waals surface area contributed by atoms with Crippen LogP contribution < -0.4 is 10.6 Å². The lowest BCUT2D eigenvalue weighted by Gasteiger charge is -2.28. The Hall–Kier alpha value is -1.79. The van der Waals surface area contributed by atoms with Gasteiger partial charge in [-0.2, -0.15) is 0 Å². The molecule has 0 spiro atoms. The molecule has 2 aliphatic heterocycles. The number of carboxylic acid groups (broad SMARTS) is 1. The van der Waals surface area contributed by atoms with Crippen LogP contribution in [0.1, 0.15) is 26.2 Å². The number of urea groups is 1. The molecule has 19 heavy (non-hydrogen) atoms. The van der Waals surface area contributed by atoms with E-state index in [-0.39, 0.29) is 24.0 Å². The molecule has 0 aromatic heterocycles. The molecule has 0 bridgehead atoms. The first-order chi connectivity index (χ1) is 8.99. The van der Waals surface area contributed by atoms with E-state index in [1.807, 2.05) is 0 Å². The summed E-state index contributed by atoms with van der Waals surface area (Å²) in [6.45, 7) is 2.66. The van der Waals surface area contributed by atoms with Crippen LogP contribution in [0.15, 0.2) is 0 Å². The van der Waals surface area contributed by atoms with E-state index >= 15 is 0 Å². The number of carbonyl (C=O) groups excluding carboxylic acids is 2. The Morgan fingerprint density at radius 1 is 1.42 bits per heavy atom. The van der Waals surface area contributed by atoms with E-state index in [1.165, 1.54) is 0 Å². The maximum absolute atomic E-state index is 12.1. The first-order valence-electron chi connectivity index (χ1n) is 6.55. The van der Waals surface area contributed by atoms with Crippen molar-refractivity contribution in [2.75, 3.05) is 13.1 Å². The number of piperidine rings is 1. The minimum Gasteiger partial charge on any atom is -0.481 e. The number of nitrogens with one attached hydrogen (secondary N) is 2. The summed E-state index contributed by atoms with van der Waals surface area (Å²) in [7, 11) is 0. The number of hydrogen-bond acceptors (Lipinski definition) is 3. The van der Waals surface area contributed by atoms with Gasteiger partial charge in [-0.05, 0) is 19.8 Å². The number of likely N-dealkylation sites (tertiary alicyclic amines) is 1. The van der Waals surface area contributed by atoms with Crippen LogP contribution in [-0.2, 0) is 9.59 Å². The monoisotopic (exact) mass is 269 g/mol. The zero-order valence-electron chi connectivity index (χ0n) is 10.9. The van der Waals surface area contributed by atoms with Crippen LogP contribution in [0.3, 0.4) is 0 Å². The Kier molecular flexibility index (Phi) is 3.92. The molecule has 0 aliphatic carbocycles. The molecule has 0 aromatic rings. The van der Waals surface area contributed by atoms with Crippen molar-refractivity contribution < 1.29 is 19.5 Å². The molecule has 106 valence electrons. The number of amides is 3. The fourth-order valence-electron chi connectivity index (χ4n) is 2.67. The van der Waals surface area contributed by atoms with Crippen molar-refractivity contribution in [2.45, 2.75) is 38.3 Å². The highest BCUT2D eigenvalue weighted by Crippen LogP contribution is 2.24. The second kappa shape index (κ2) is 5.46. The summed E-state index contributed by atoms with van der Waals surface area (Å²) in [5, 5.41) is 14.6. The van der Waals surface area contributed by atoms with Gasteiger partial charge in [0.1, 0.15) is 0 Å². The van der Waals surface area contributed by atoms with Crippen LogP contribution in [0.2, 0.25) is 0 Å². The van der Waals surface area contributed by atoms with E-state index in [0.29, 0.717) is 32.4 Å². The smallest absolute Gasteiger partial charge is 0.317 e. The molecule has 2 aliphatic rings. The van der Waals surface area contributed by atoms with E-state index in [2.05, 4.69) is 10.6 Å². The molecule has 2 saturated heterocycles.